The van der Waals surface area contributed by atoms with Crippen LogP contribution in [0.4, 0.5) is 10.5 Å². The van der Waals surface area contributed by atoms with Gasteiger partial charge in [0.15, 0.2) is 0 Å². The van der Waals surface area contributed by atoms with Crippen molar-refractivity contribution in [3.05, 3.63) is 15.8 Å². The quantitative estimate of drug-likeness (QED) is 0.563. The fraction of sp³-hybridized carbons (Fsp3) is 0.600. The largest absolute Gasteiger partial charge is 0.444 e. The number of anilines is 1. The number of nitrogens with two attached hydrogens (primary N) is 1. The number of carbonyl (C=O) groups excluding carboxylic acids is 2. The summed E-state index contributed by atoms with van der Waals surface area (Å²) in [4.78, 5) is 27.9. The first-order valence-corrected chi connectivity index (χ1v) is 13.9. The van der Waals surface area contributed by atoms with Gasteiger partial charge < -0.3 is 20.7 Å². The van der Waals surface area contributed by atoms with Gasteiger partial charge in [-0.25, -0.2) is 4.79 Å². The first kappa shape index (κ1) is 22.3. The Morgan fingerprint density at radius 1 is 1.36 bits per heavy atom. The summed E-state index contributed by atoms with van der Waals surface area (Å²) in [6.45, 7) is 13.1. The lowest BCUT2D eigenvalue weighted by atomic mass is 10.1. The van der Waals surface area contributed by atoms with Crippen molar-refractivity contribution in [1.29, 1.82) is 0 Å². The molecule has 0 saturated carbocycles. The molecule has 154 valence electrons. The topological polar surface area (TPSA) is 84.7 Å². The molecule has 1 aliphatic rings. The van der Waals surface area contributed by atoms with E-state index in [0.29, 0.717) is 23.7 Å². The molecule has 0 aliphatic carbocycles. The van der Waals surface area contributed by atoms with Crippen molar-refractivity contribution >= 4 is 37.1 Å². The molecule has 6 nitrogen and oxygen atoms in total. The molecule has 2 heterocycles. The van der Waals surface area contributed by atoms with Crippen LogP contribution in [0.3, 0.4) is 0 Å². The normalized spacial score (nSPS) is 17.5. The van der Waals surface area contributed by atoms with Crippen LogP contribution >= 0.6 is 11.3 Å². The molecule has 2 amide bonds. The Bertz CT molecular complexity index is 796. The van der Waals surface area contributed by atoms with E-state index in [2.05, 4.69) is 36.4 Å². The van der Waals surface area contributed by atoms with E-state index in [4.69, 9.17) is 10.5 Å². The first-order chi connectivity index (χ1) is 12.8. The highest BCUT2D eigenvalue weighted by Gasteiger charge is 2.29. The Morgan fingerprint density at radius 2 is 2.04 bits per heavy atom. The molecule has 0 unspecified atom stereocenters. The minimum atomic E-state index is -1.49. The number of nitrogens with one attached hydrogen (secondary N) is 1. The van der Waals surface area contributed by atoms with Gasteiger partial charge in [0, 0.05) is 19.1 Å². The number of hydrogen-bond donors (Lipinski definition) is 2. The summed E-state index contributed by atoms with van der Waals surface area (Å²) in [5.74, 6) is 2.94. The molecule has 1 aromatic heterocycles. The minimum absolute atomic E-state index is 0.119. The number of likely N-dealkylation sites (tertiary alicyclic amines) is 1. The standard InChI is InChI=1S/C20H31N3O3SSi/c1-20(2,3)26-19(25)23-10-7-8-14(13-23)22-18(24)17-16(21)12-15(27-17)9-11-28(4,5)6/h12,14H,7-8,10,13,21H2,1-6H3,(H,22,24)/t14-/m0/s1. The molecular weight excluding hydrogens is 390 g/mol. The zero-order valence-corrected chi connectivity index (χ0v) is 19.5. The second kappa shape index (κ2) is 8.58. The predicted octanol–water partition coefficient (Wildman–Crippen LogP) is 3.69. The minimum Gasteiger partial charge on any atom is -0.444 e. The summed E-state index contributed by atoms with van der Waals surface area (Å²) < 4.78 is 5.44. The number of piperidine rings is 1. The lowest BCUT2D eigenvalue weighted by Gasteiger charge is -2.34. The van der Waals surface area contributed by atoms with Gasteiger partial charge in [-0.1, -0.05) is 25.6 Å². The third kappa shape index (κ3) is 6.88. The molecule has 1 fully saturated rings. The van der Waals surface area contributed by atoms with E-state index < -0.39 is 13.7 Å². The third-order valence-electron chi connectivity index (χ3n) is 3.94. The Morgan fingerprint density at radius 3 is 2.64 bits per heavy atom. The monoisotopic (exact) mass is 421 g/mol. The highest BCUT2D eigenvalue weighted by molar-refractivity contribution is 7.15. The molecular formula is C20H31N3O3SSi. The van der Waals surface area contributed by atoms with Crippen LogP contribution in [0.2, 0.25) is 19.6 Å². The highest BCUT2D eigenvalue weighted by atomic mass is 32.1. The van der Waals surface area contributed by atoms with E-state index in [1.165, 1.54) is 11.3 Å². The van der Waals surface area contributed by atoms with E-state index in [1.54, 1.807) is 11.0 Å². The van der Waals surface area contributed by atoms with Crippen molar-refractivity contribution in [2.24, 2.45) is 0 Å². The van der Waals surface area contributed by atoms with E-state index in [9.17, 15) is 9.59 Å². The second-order valence-electron chi connectivity index (χ2n) is 9.13. The summed E-state index contributed by atoms with van der Waals surface area (Å²) >= 11 is 1.32. The number of carbonyl (C=O) groups is 2. The Kier molecular flexibility index (Phi) is 6.83. The smallest absolute Gasteiger partial charge is 0.410 e. The Balaban J connectivity index is 2.01. The van der Waals surface area contributed by atoms with Crippen molar-refractivity contribution < 1.29 is 14.3 Å². The predicted molar refractivity (Wildman–Crippen MR) is 117 cm³/mol. The number of rotatable bonds is 2. The van der Waals surface area contributed by atoms with Crippen LogP contribution in [0.1, 0.15) is 48.2 Å². The van der Waals surface area contributed by atoms with Gasteiger partial charge in [-0.15, -0.1) is 16.9 Å². The van der Waals surface area contributed by atoms with Crippen LogP contribution in [0.15, 0.2) is 6.07 Å². The number of thiophene rings is 1. The molecule has 8 heteroatoms. The van der Waals surface area contributed by atoms with Gasteiger partial charge in [0.25, 0.3) is 5.91 Å². The molecule has 1 aromatic rings. The van der Waals surface area contributed by atoms with Crippen LogP contribution in [-0.2, 0) is 4.74 Å². The summed E-state index contributed by atoms with van der Waals surface area (Å²) in [5.41, 5.74) is 9.24. The molecule has 0 bridgehead atoms. The Hall–Kier alpha value is -1.98. The number of nitrogen functional groups attached to an aromatic ring is 1. The summed E-state index contributed by atoms with van der Waals surface area (Å²) in [7, 11) is -1.49. The molecule has 2 rings (SSSR count). The molecule has 1 atom stereocenters. The van der Waals surface area contributed by atoms with E-state index in [1.807, 2.05) is 20.8 Å². The van der Waals surface area contributed by atoms with Crippen LogP contribution in [0, 0.1) is 11.5 Å². The van der Waals surface area contributed by atoms with Crippen molar-refractivity contribution in [2.45, 2.75) is 64.9 Å². The van der Waals surface area contributed by atoms with Crippen LogP contribution < -0.4 is 11.1 Å². The molecule has 3 N–H and O–H groups in total. The molecule has 1 aliphatic heterocycles. The SMILES string of the molecule is CC(C)(C)OC(=O)N1CCC[C@H](NC(=O)c2sc(C#C[Si](C)(C)C)cc2N)C1. The maximum absolute atomic E-state index is 12.7. The highest BCUT2D eigenvalue weighted by Crippen LogP contribution is 2.25. The molecule has 0 aromatic carbocycles. The maximum Gasteiger partial charge on any atom is 0.410 e. The average molecular weight is 422 g/mol. The summed E-state index contributed by atoms with van der Waals surface area (Å²) in [5, 5.41) is 3.01. The lowest BCUT2D eigenvalue weighted by Crippen LogP contribution is -2.50. The number of ether oxygens (including phenoxy) is 1. The van der Waals surface area contributed by atoms with Gasteiger partial charge in [-0.3, -0.25) is 4.79 Å². The van der Waals surface area contributed by atoms with Crippen LogP contribution in [-0.4, -0.2) is 49.7 Å². The van der Waals surface area contributed by atoms with Gasteiger partial charge >= 0.3 is 6.09 Å². The Labute approximate surface area is 172 Å². The van der Waals surface area contributed by atoms with E-state index in [0.717, 1.165) is 17.7 Å². The van der Waals surface area contributed by atoms with Crippen molar-refractivity contribution in [1.82, 2.24) is 10.2 Å². The fourth-order valence-electron chi connectivity index (χ4n) is 2.73. The third-order valence-corrected chi connectivity index (χ3v) is 5.88. The van der Waals surface area contributed by atoms with Gasteiger partial charge in [-0.05, 0) is 39.7 Å². The fourth-order valence-corrected chi connectivity index (χ4v) is 4.17. The average Bonchev–Trinajstić information content (AvgIpc) is 2.92. The van der Waals surface area contributed by atoms with Crippen molar-refractivity contribution in [2.75, 3.05) is 18.8 Å². The molecule has 28 heavy (non-hydrogen) atoms. The zero-order valence-electron chi connectivity index (χ0n) is 17.6. The second-order valence-corrected chi connectivity index (χ2v) is 14.9. The first-order valence-electron chi connectivity index (χ1n) is 9.55. The van der Waals surface area contributed by atoms with Crippen molar-refractivity contribution in [3.63, 3.8) is 0 Å². The summed E-state index contributed by atoms with van der Waals surface area (Å²) in [6, 6.07) is 1.65. The van der Waals surface area contributed by atoms with Gasteiger partial charge in [0.2, 0.25) is 0 Å². The zero-order chi connectivity index (χ0) is 21.1. The molecule has 0 spiro atoms. The van der Waals surface area contributed by atoms with Gasteiger partial charge in [-0.2, -0.15) is 0 Å². The number of nitrogens with zero attached hydrogens (tertiary/aromatic N) is 1. The van der Waals surface area contributed by atoms with Crippen molar-refractivity contribution in [3.8, 4) is 11.5 Å². The lowest BCUT2D eigenvalue weighted by molar-refractivity contribution is 0.0186. The van der Waals surface area contributed by atoms with Gasteiger partial charge in [0.1, 0.15) is 18.6 Å². The van der Waals surface area contributed by atoms with Crippen LogP contribution in [0.5, 0.6) is 0 Å². The van der Waals surface area contributed by atoms with Crippen LogP contribution in [0.25, 0.3) is 0 Å². The van der Waals surface area contributed by atoms with Gasteiger partial charge in [0.05, 0.1) is 10.6 Å². The molecule has 0 radical (unpaired) electrons. The number of hydrogen-bond acceptors (Lipinski definition) is 5. The van der Waals surface area contributed by atoms with E-state index in [-0.39, 0.29) is 18.0 Å². The summed E-state index contributed by atoms with van der Waals surface area (Å²) in [6.07, 6.45) is 1.29. The van der Waals surface area contributed by atoms with E-state index >= 15 is 0 Å². The maximum atomic E-state index is 12.7. The molecule has 1 saturated heterocycles. The number of amides is 2.